The van der Waals surface area contributed by atoms with Gasteiger partial charge in [-0.25, -0.2) is 0 Å². The van der Waals surface area contributed by atoms with Gasteiger partial charge in [0, 0.05) is 18.0 Å². The Morgan fingerprint density at radius 3 is 3.00 bits per heavy atom. The minimum Gasteiger partial charge on any atom is -0.392 e. The molecule has 0 amide bonds. The van der Waals surface area contributed by atoms with Gasteiger partial charge in [0.15, 0.2) is 5.78 Å². The summed E-state index contributed by atoms with van der Waals surface area (Å²) in [6.07, 6.45) is 0.541. The van der Waals surface area contributed by atoms with E-state index in [0.29, 0.717) is 13.1 Å². The topological polar surface area (TPSA) is 40.5 Å². The van der Waals surface area contributed by atoms with E-state index in [0.717, 1.165) is 17.8 Å². The third kappa shape index (κ3) is 2.65. The van der Waals surface area contributed by atoms with Gasteiger partial charge in [-0.2, -0.15) is 0 Å². The zero-order valence-corrected chi connectivity index (χ0v) is 9.59. The number of thiophene rings is 1. The van der Waals surface area contributed by atoms with Gasteiger partial charge >= 0.3 is 0 Å². The van der Waals surface area contributed by atoms with E-state index in [-0.39, 0.29) is 11.9 Å². The number of aryl methyl sites for hydroxylation is 1. The van der Waals surface area contributed by atoms with Crippen molar-refractivity contribution in [3.8, 4) is 0 Å². The molecule has 0 radical (unpaired) electrons. The average Bonchev–Trinajstić information content (AvgIpc) is 2.75. The van der Waals surface area contributed by atoms with Crippen LogP contribution in [0.4, 0.5) is 0 Å². The van der Waals surface area contributed by atoms with Crippen molar-refractivity contribution < 1.29 is 9.90 Å². The molecule has 1 N–H and O–H groups in total. The molecule has 0 aliphatic carbocycles. The van der Waals surface area contributed by atoms with Gasteiger partial charge in [0.05, 0.1) is 17.5 Å². The number of rotatable bonds is 3. The van der Waals surface area contributed by atoms with Crippen molar-refractivity contribution in [1.82, 2.24) is 4.90 Å². The maximum atomic E-state index is 11.8. The second kappa shape index (κ2) is 4.43. The zero-order valence-electron chi connectivity index (χ0n) is 8.77. The van der Waals surface area contributed by atoms with Crippen LogP contribution in [0.15, 0.2) is 12.1 Å². The summed E-state index contributed by atoms with van der Waals surface area (Å²) in [5.74, 6) is 0.169. The van der Waals surface area contributed by atoms with E-state index in [9.17, 15) is 9.90 Å². The standard InChI is InChI=1S/C11H15NO2S/c1-8-2-3-11(15-8)10(14)7-12-5-4-9(13)6-12/h2-3,9,13H,4-7H2,1H3. The van der Waals surface area contributed by atoms with Gasteiger partial charge in [-0.05, 0) is 25.5 Å². The molecule has 0 aromatic carbocycles. The number of likely N-dealkylation sites (tertiary alicyclic amines) is 1. The number of nitrogens with zero attached hydrogens (tertiary/aromatic N) is 1. The molecule has 1 fully saturated rings. The van der Waals surface area contributed by atoms with Crippen LogP contribution in [0.5, 0.6) is 0 Å². The van der Waals surface area contributed by atoms with Gasteiger partial charge in [0.25, 0.3) is 0 Å². The molecule has 1 aliphatic heterocycles. The van der Waals surface area contributed by atoms with Crippen molar-refractivity contribution >= 4 is 17.1 Å². The summed E-state index contributed by atoms with van der Waals surface area (Å²) in [6, 6.07) is 3.85. The first kappa shape index (κ1) is 10.8. The molecule has 0 saturated carbocycles. The fourth-order valence-electron chi connectivity index (χ4n) is 1.82. The molecule has 3 nitrogen and oxygen atoms in total. The molecule has 1 atom stereocenters. The third-order valence-electron chi connectivity index (χ3n) is 2.63. The normalized spacial score (nSPS) is 22.1. The molecule has 2 rings (SSSR count). The molecule has 0 spiro atoms. The van der Waals surface area contributed by atoms with Crippen molar-refractivity contribution in [3.63, 3.8) is 0 Å². The summed E-state index contributed by atoms with van der Waals surface area (Å²) in [7, 11) is 0. The van der Waals surface area contributed by atoms with Crippen LogP contribution in [0.1, 0.15) is 21.0 Å². The smallest absolute Gasteiger partial charge is 0.186 e. The quantitative estimate of drug-likeness (QED) is 0.788. The first-order chi connectivity index (χ1) is 7.15. The largest absolute Gasteiger partial charge is 0.392 e. The number of ketones is 1. The van der Waals surface area contributed by atoms with Crippen LogP contribution in [0, 0.1) is 6.92 Å². The molecule has 82 valence electrons. The molecule has 0 bridgehead atoms. The van der Waals surface area contributed by atoms with Crippen LogP contribution in [0.2, 0.25) is 0 Å². The maximum Gasteiger partial charge on any atom is 0.186 e. The number of aliphatic hydroxyl groups excluding tert-OH is 1. The molecule has 1 saturated heterocycles. The molecule has 1 aromatic rings. The number of hydrogen-bond acceptors (Lipinski definition) is 4. The van der Waals surface area contributed by atoms with Gasteiger partial charge in [-0.3, -0.25) is 9.69 Å². The first-order valence-electron chi connectivity index (χ1n) is 5.15. The highest BCUT2D eigenvalue weighted by atomic mass is 32.1. The van der Waals surface area contributed by atoms with Crippen LogP contribution in [-0.4, -0.2) is 41.5 Å². The Labute approximate surface area is 93.3 Å². The maximum absolute atomic E-state index is 11.8. The first-order valence-corrected chi connectivity index (χ1v) is 5.97. The van der Waals surface area contributed by atoms with Crippen LogP contribution in [-0.2, 0) is 0 Å². The van der Waals surface area contributed by atoms with Gasteiger partial charge in [0.2, 0.25) is 0 Å². The van der Waals surface area contributed by atoms with Gasteiger partial charge in [0.1, 0.15) is 0 Å². The number of carbonyl (C=O) groups is 1. The van der Waals surface area contributed by atoms with E-state index >= 15 is 0 Å². The average molecular weight is 225 g/mol. The Morgan fingerprint density at radius 2 is 2.47 bits per heavy atom. The molecule has 1 aliphatic rings. The molecular weight excluding hydrogens is 210 g/mol. The SMILES string of the molecule is Cc1ccc(C(=O)CN2CCC(O)C2)s1. The van der Waals surface area contributed by atoms with E-state index in [1.807, 2.05) is 24.0 Å². The number of hydrogen-bond donors (Lipinski definition) is 1. The lowest BCUT2D eigenvalue weighted by Gasteiger charge is -2.12. The summed E-state index contributed by atoms with van der Waals surface area (Å²) in [5.41, 5.74) is 0. The predicted octanol–water partition coefficient (Wildman–Crippen LogP) is 1.31. The van der Waals surface area contributed by atoms with E-state index < -0.39 is 0 Å². The fraction of sp³-hybridized carbons (Fsp3) is 0.545. The van der Waals surface area contributed by atoms with Gasteiger partial charge in [-0.15, -0.1) is 11.3 Å². The van der Waals surface area contributed by atoms with E-state index in [2.05, 4.69) is 0 Å². The molecule has 2 heterocycles. The lowest BCUT2D eigenvalue weighted by molar-refractivity contribution is 0.0939. The Bertz CT molecular complexity index is 361. The molecular formula is C11H15NO2S. The fourth-order valence-corrected chi connectivity index (χ4v) is 2.62. The van der Waals surface area contributed by atoms with Crippen LogP contribution in [0.25, 0.3) is 0 Å². The Morgan fingerprint density at radius 1 is 1.67 bits per heavy atom. The van der Waals surface area contributed by atoms with Gasteiger partial charge in [-0.1, -0.05) is 0 Å². The highest BCUT2D eigenvalue weighted by molar-refractivity contribution is 7.14. The molecule has 15 heavy (non-hydrogen) atoms. The third-order valence-corrected chi connectivity index (χ3v) is 3.67. The van der Waals surface area contributed by atoms with Crippen LogP contribution < -0.4 is 0 Å². The molecule has 4 heteroatoms. The minimum atomic E-state index is -0.247. The number of Topliss-reactive ketones (excluding diaryl/α,β-unsaturated/α-hetero) is 1. The van der Waals surface area contributed by atoms with E-state index in [4.69, 9.17) is 0 Å². The van der Waals surface area contributed by atoms with Crippen molar-refractivity contribution in [1.29, 1.82) is 0 Å². The predicted molar refractivity (Wildman–Crippen MR) is 60.5 cm³/mol. The van der Waals surface area contributed by atoms with Crippen molar-refractivity contribution in [2.75, 3.05) is 19.6 Å². The Balaban J connectivity index is 1.92. The lowest BCUT2D eigenvalue weighted by Crippen LogP contribution is -2.28. The minimum absolute atomic E-state index is 0.169. The summed E-state index contributed by atoms with van der Waals surface area (Å²) in [4.78, 5) is 15.8. The number of aliphatic hydroxyl groups is 1. The Kier molecular flexibility index (Phi) is 3.19. The summed E-state index contributed by atoms with van der Waals surface area (Å²) >= 11 is 1.54. The van der Waals surface area contributed by atoms with Crippen LogP contribution >= 0.6 is 11.3 Å². The van der Waals surface area contributed by atoms with Crippen LogP contribution in [0.3, 0.4) is 0 Å². The second-order valence-electron chi connectivity index (χ2n) is 4.01. The molecule has 1 unspecified atom stereocenters. The summed E-state index contributed by atoms with van der Waals surface area (Å²) < 4.78 is 0. The van der Waals surface area contributed by atoms with Crippen molar-refractivity contribution in [2.45, 2.75) is 19.4 Å². The second-order valence-corrected chi connectivity index (χ2v) is 5.30. The zero-order chi connectivity index (χ0) is 10.8. The molecule has 1 aromatic heterocycles. The number of carbonyl (C=O) groups excluding carboxylic acids is 1. The highest BCUT2D eigenvalue weighted by Crippen LogP contribution is 2.17. The monoisotopic (exact) mass is 225 g/mol. The lowest BCUT2D eigenvalue weighted by atomic mass is 10.3. The number of β-amino-alcohol motifs (C(OH)–C–C–N with tert-alkyl or cyclic N) is 1. The summed E-state index contributed by atoms with van der Waals surface area (Å²) in [6.45, 7) is 3.91. The highest BCUT2D eigenvalue weighted by Gasteiger charge is 2.22. The van der Waals surface area contributed by atoms with E-state index in [1.165, 1.54) is 4.88 Å². The Hall–Kier alpha value is -0.710. The van der Waals surface area contributed by atoms with Crippen molar-refractivity contribution in [2.24, 2.45) is 0 Å². The van der Waals surface area contributed by atoms with E-state index in [1.54, 1.807) is 11.3 Å². The van der Waals surface area contributed by atoms with Crippen molar-refractivity contribution in [3.05, 3.63) is 21.9 Å². The summed E-state index contributed by atoms with van der Waals surface area (Å²) in [5, 5.41) is 9.34. The van der Waals surface area contributed by atoms with Gasteiger partial charge < -0.3 is 5.11 Å².